The molecule has 0 radical (unpaired) electrons. The molecule has 3 heteroatoms. The lowest BCUT2D eigenvalue weighted by Crippen LogP contribution is -2.14. The number of halogens is 3. The molecule has 0 amide bonds. The molecule has 0 nitrogen and oxygen atoms in total. The van der Waals surface area contributed by atoms with Crippen molar-refractivity contribution < 1.29 is 13.2 Å². The number of hydrogen-bond acceptors (Lipinski definition) is 0. The predicted molar refractivity (Wildman–Crippen MR) is 103 cm³/mol. The minimum Gasteiger partial charge on any atom is -0.207 e. The van der Waals surface area contributed by atoms with E-state index in [0.29, 0.717) is 0 Å². The first-order valence-electron chi connectivity index (χ1n) is 9.35. The Labute approximate surface area is 158 Å². The third-order valence-electron chi connectivity index (χ3n) is 4.96. The van der Waals surface area contributed by atoms with Crippen LogP contribution in [0.1, 0.15) is 54.7 Å². The first kappa shape index (κ1) is 19.2. The van der Waals surface area contributed by atoms with E-state index in [1.165, 1.54) is 36.4 Å². The summed E-state index contributed by atoms with van der Waals surface area (Å²) in [7, 11) is 0. The van der Waals surface area contributed by atoms with Gasteiger partial charge in [-0.3, -0.25) is 0 Å². The normalized spacial score (nSPS) is 12.3. The van der Waals surface area contributed by atoms with Gasteiger partial charge in [0.25, 0.3) is 0 Å². The van der Waals surface area contributed by atoms with E-state index in [1.54, 1.807) is 18.2 Å². The molecule has 0 aliphatic heterocycles. The summed E-state index contributed by atoms with van der Waals surface area (Å²) >= 11 is 0. The highest BCUT2D eigenvalue weighted by Crippen LogP contribution is 2.42. The number of benzene rings is 3. The summed E-state index contributed by atoms with van der Waals surface area (Å²) in [6.07, 6.45) is 2.74. The van der Waals surface area contributed by atoms with Crippen molar-refractivity contribution in [3.63, 3.8) is 0 Å². The highest BCUT2D eigenvalue weighted by Gasteiger charge is 2.27. The Hall–Kier alpha value is -2.55. The average Bonchev–Trinajstić information content (AvgIpc) is 2.65. The van der Waals surface area contributed by atoms with Crippen LogP contribution >= 0.6 is 0 Å². The summed E-state index contributed by atoms with van der Waals surface area (Å²) in [4.78, 5) is 0. The van der Waals surface area contributed by atoms with Crippen molar-refractivity contribution in [2.75, 3.05) is 0 Å². The number of rotatable bonds is 7. The third-order valence-corrected chi connectivity index (χ3v) is 4.96. The van der Waals surface area contributed by atoms with Crippen molar-refractivity contribution in [2.45, 2.75) is 38.0 Å². The van der Waals surface area contributed by atoms with Gasteiger partial charge < -0.3 is 0 Å². The van der Waals surface area contributed by atoms with Crippen LogP contribution < -0.4 is 0 Å². The zero-order valence-electron chi connectivity index (χ0n) is 15.3. The zero-order valence-corrected chi connectivity index (χ0v) is 15.3. The van der Waals surface area contributed by atoms with E-state index >= 15 is 0 Å². The maximum Gasteiger partial charge on any atom is 0.123 e. The molecule has 27 heavy (non-hydrogen) atoms. The van der Waals surface area contributed by atoms with E-state index < -0.39 is 0 Å². The van der Waals surface area contributed by atoms with Gasteiger partial charge in [-0.05, 0) is 65.4 Å². The van der Waals surface area contributed by atoms with Crippen LogP contribution in [-0.2, 0) is 0 Å². The first-order chi connectivity index (χ1) is 13.1. The summed E-state index contributed by atoms with van der Waals surface area (Å²) in [5.41, 5.74) is 2.39. The molecule has 3 rings (SSSR count). The van der Waals surface area contributed by atoms with Gasteiger partial charge in [-0.1, -0.05) is 56.2 Å². The smallest absolute Gasteiger partial charge is 0.123 e. The highest BCUT2D eigenvalue weighted by atomic mass is 19.1. The molecular weight excluding hydrogens is 345 g/mol. The van der Waals surface area contributed by atoms with Crippen molar-refractivity contribution in [1.82, 2.24) is 0 Å². The Balaban J connectivity index is 2.15. The third kappa shape index (κ3) is 4.79. The van der Waals surface area contributed by atoms with Gasteiger partial charge in [0.1, 0.15) is 17.5 Å². The number of unbranched alkanes of at least 4 members (excludes halogenated alkanes) is 1. The summed E-state index contributed by atoms with van der Waals surface area (Å²) in [6, 6.07) is 19.4. The van der Waals surface area contributed by atoms with Crippen molar-refractivity contribution in [2.24, 2.45) is 0 Å². The minimum absolute atomic E-state index is 0.0794. The molecule has 3 aromatic carbocycles. The van der Waals surface area contributed by atoms with Gasteiger partial charge in [-0.2, -0.15) is 0 Å². The lowest BCUT2D eigenvalue weighted by molar-refractivity contribution is 0.521. The van der Waals surface area contributed by atoms with Crippen LogP contribution in [0.3, 0.4) is 0 Å². The van der Waals surface area contributed by atoms with Crippen LogP contribution in [0.5, 0.6) is 0 Å². The monoisotopic (exact) mass is 368 g/mol. The van der Waals surface area contributed by atoms with Gasteiger partial charge in [-0.15, -0.1) is 0 Å². The fourth-order valence-electron chi connectivity index (χ4n) is 3.74. The summed E-state index contributed by atoms with van der Waals surface area (Å²) in [5, 5.41) is 0. The standard InChI is InChI=1S/C24H23F3/c1-2-3-13-23(17-7-4-10-20(25)14-17)24(18-8-5-11-21(26)15-18)19-9-6-12-22(27)16-19/h4-12,14-16,23-24H,2-3,13H2,1H3. The Morgan fingerprint density at radius 2 is 1.11 bits per heavy atom. The molecule has 140 valence electrons. The largest absolute Gasteiger partial charge is 0.207 e. The molecular formula is C24H23F3. The molecule has 0 fully saturated rings. The van der Waals surface area contributed by atoms with Crippen LogP contribution in [0.25, 0.3) is 0 Å². The quantitative estimate of drug-likeness (QED) is 0.413. The van der Waals surface area contributed by atoms with Gasteiger partial charge in [0.05, 0.1) is 0 Å². The Morgan fingerprint density at radius 3 is 1.56 bits per heavy atom. The molecule has 3 aromatic rings. The molecule has 0 aliphatic rings. The molecule has 0 saturated carbocycles. The van der Waals surface area contributed by atoms with Crippen LogP contribution in [0.2, 0.25) is 0 Å². The van der Waals surface area contributed by atoms with E-state index in [4.69, 9.17) is 0 Å². The number of hydrogen-bond donors (Lipinski definition) is 0. The van der Waals surface area contributed by atoms with E-state index in [9.17, 15) is 13.2 Å². The second-order valence-corrected chi connectivity index (χ2v) is 6.89. The zero-order chi connectivity index (χ0) is 19.2. The van der Waals surface area contributed by atoms with E-state index in [-0.39, 0.29) is 29.3 Å². The van der Waals surface area contributed by atoms with Crippen LogP contribution in [0.15, 0.2) is 72.8 Å². The van der Waals surface area contributed by atoms with Crippen molar-refractivity contribution in [1.29, 1.82) is 0 Å². The topological polar surface area (TPSA) is 0 Å². The fourth-order valence-corrected chi connectivity index (χ4v) is 3.74. The van der Waals surface area contributed by atoms with Gasteiger partial charge in [0, 0.05) is 5.92 Å². The molecule has 0 saturated heterocycles. The molecule has 1 atom stereocenters. The second-order valence-electron chi connectivity index (χ2n) is 6.89. The maximum absolute atomic E-state index is 14.0. The van der Waals surface area contributed by atoms with Crippen molar-refractivity contribution in [3.8, 4) is 0 Å². The predicted octanol–water partition coefficient (Wildman–Crippen LogP) is 7.21. The maximum atomic E-state index is 14.0. The minimum atomic E-state index is -0.331. The Kier molecular flexibility index (Phi) is 6.33. The van der Waals surface area contributed by atoms with E-state index in [2.05, 4.69) is 6.92 Å². The molecule has 0 spiro atoms. The van der Waals surface area contributed by atoms with Crippen molar-refractivity contribution in [3.05, 3.63) is 107 Å². The highest BCUT2D eigenvalue weighted by molar-refractivity contribution is 5.39. The van der Waals surface area contributed by atoms with Gasteiger partial charge in [0.15, 0.2) is 0 Å². The second kappa shape index (κ2) is 8.90. The van der Waals surface area contributed by atoms with E-state index in [1.807, 2.05) is 18.2 Å². The van der Waals surface area contributed by atoms with Crippen LogP contribution in [0, 0.1) is 17.5 Å². The van der Waals surface area contributed by atoms with E-state index in [0.717, 1.165) is 36.0 Å². The lowest BCUT2D eigenvalue weighted by Gasteiger charge is -2.29. The molecule has 0 heterocycles. The molecule has 1 unspecified atom stereocenters. The SMILES string of the molecule is CCCCC(c1cccc(F)c1)C(c1cccc(F)c1)c1cccc(F)c1. The first-order valence-corrected chi connectivity index (χ1v) is 9.35. The average molecular weight is 368 g/mol. The molecule has 0 N–H and O–H groups in total. The Morgan fingerprint density at radius 1 is 0.667 bits per heavy atom. The summed E-state index contributed by atoms with van der Waals surface area (Å²) in [5.74, 6) is -1.30. The van der Waals surface area contributed by atoms with Crippen molar-refractivity contribution >= 4 is 0 Å². The van der Waals surface area contributed by atoms with Gasteiger partial charge in [-0.25, -0.2) is 13.2 Å². The Bertz CT molecular complexity index is 843. The molecule has 0 aromatic heterocycles. The van der Waals surface area contributed by atoms with Crippen LogP contribution in [-0.4, -0.2) is 0 Å². The summed E-state index contributed by atoms with van der Waals surface area (Å²) in [6.45, 7) is 2.10. The fraction of sp³-hybridized carbons (Fsp3) is 0.250. The van der Waals surface area contributed by atoms with Crippen LogP contribution in [0.4, 0.5) is 13.2 Å². The summed E-state index contributed by atoms with van der Waals surface area (Å²) < 4.78 is 41.9. The molecule has 0 aliphatic carbocycles. The van der Waals surface area contributed by atoms with Gasteiger partial charge in [0.2, 0.25) is 0 Å². The van der Waals surface area contributed by atoms with Gasteiger partial charge >= 0.3 is 0 Å². The lowest BCUT2D eigenvalue weighted by atomic mass is 9.75. The molecule has 0 bridgehead atoms.